The average Bonchev–Trinajstić information content (AvgIpc) is 3.22. The highest BCUT2D eigenvalue weighted by Crippen LogP contribution is 2.26. The molecule has 0 N–H and O–H groups in total. The second-order valence-electron chi connectivity index (χ2n) is 8.73. The highest BCUT2D eigenvalue weighted by Gasteiger charge is 2.28. The quantitative estimate of drug-likeness (QED) is 0.621. The predicted molar refractivity (Wildman–Crippen MR) is 120 cm³/mol. The lowest BCUT2D eigenvalue weighted by molar-refractivity contribution is 0.0533. The lowest BCUT2D eigenvalue weighted by atomic mass is 10.0. The Labute approximate surface area is 186 Å². The first-order valence-corrected chi connectivity index (χ1v) is 11.0. The molecule has 3 aromatic rings. The Kier molecular flexibility index (Phi) is 5.95. The summed E-state index contributed by atoms with van der Waals surface area (Å²) in [5, 5.41) is 5.19. The maximum absolute atomic E-state index is 14.0. The average molecular weight is 438 g/mol. The summed E-state index contributed by atoms with van der Waals surface area (Å²) in [4.78, 5) is 34.3. The number of fused-ring (bicyclic) bond motifs is 1. The molecule has 0 saturated carbocycles. The van der Waals surface area contributed by atoms with Crippen molar-refractivity contribution in [2.45, 2.75) is 39.7 Å². The third kappa shape index (κ3) is 3.97. The van der Waals surface area contributed by atoms with E-state index in [-0.39, 0.29) is 29.3 Å². The van der Waals surface area contributed by atoms with Crippen molar-refractivity contribution in [3.8, 4) is 0 Å². The molecule has 2 aromatic heterocycles. The molecule has 1 aliphatic rings. The van der Waals surface area contributed by atoms with E-state index >= 15 is 0 Å². The molecule has 3 heterocycles. The van der Waals surface area contributed by atoms with Crippen LogP contribution in [0, 0.1) is 5.82 Å². The molecular formula is C24H28FN5O2. The molecule has 7 nitrogen and oxygen atoms in total. The van der Waals surface area contributed by atoms with E-state index in [1.165, 1.54) is 12.1 Å². The van der Waals surface area contributed by atoms with Gasteiger partial charge in [-0.3, -0.25) is 9.59 Å². The van der Waals surface area contributed by atoms with Crippen molar-refractivity contribution in [3.05, 3.63) is 59.2 Å². The smallest absolute Gasteiger partial charge is 0.256 e. The van der Waals surface area contributed by atoms with Crippen LogP contribution >= 0.6 is 0 Å². The van der Waals surface area contributed by atoms with Gasteiger partial charge < -0.3 is 9.80 Å². The van der Waals surface area contributed by atoms with Gasteiger partial charge in [-0.25, -0.2) is 14.1 Å². The Morgan fingerprint density at radius 2 is 1.53 bits per heavy atom. The summed E-state index contributed by atoms with van der Waals surface area (Å²) in [6.45, 7) is 9.64. The fourth-order valence-corrected chi connectivity index (χ4v) is 3.98. The first-order chi connectivity index (χ1) is 15.3. The van der Waals surface area contributed by atoms with Crippen molar-refractivity contribution in [2.75, 3.05) is 26.2 Å². The molecular weight excluding hydrogens is 409 g/mol. The molecule has 0 radical (unpaired) electrons. The maximum Gasteiger partial charge on any atom is 0.256 e. The molecule has 0 unspecified atom stereocenters. The van der Waals surface area contributed by atoms with E-state index in [4.69, 9.17) is 4.98 Å². The van der Waals surface area contributed by atoms with Gasteiger partial charge in [0.15, 0.2) is 5.65 Å². The first kappa shape index (κ1) is 21.9. The van der Waals surface area contributed by atoms with Crippen LogP contribution in [0.25, 0.3) is 11.0 Å². The van der Waals surface area contributed by atoms with E-state index in [0.717, 1.165) is 11.1 Å². The Balaban J connectivity index is 1.57. The van der Waals surface area contributed by atoms with E-state index in [1.54, 1.807) is 28.1 Å². The zero-order valence-corrected chi connectivity index (χ0v) is 18.9. The van der Waals surface area contributed by atoms with Crippen LogP contribution in [0.4, 0.5) is 4.39 Å². The van der Waals surface area contributed by atoms with Gasteiger partial charge in [0.05, 0.1) is 22.7 Å². The molecule has 4 rings (SSSR count). The minimum absolute atomic E-state index is 0.0609. The number of pyridine rings is 1. The van der Waals surface area contributed by atoms with Gasteiger partial charge in [0.25, 0.3) is 11.8 Å². The summed E-state index contributed by atoms with van der Waals surface area (Å²) >= 11 is 0. The Morgan fingerprint density at radius 3 is 2.09 bits per heavy atom. The first-order valence-electron chi connectivity index (χ1n) is 11.0. The summed E-state index contributed by atoms with van der Waals surface area (Å²) < 4.78 is 15.8. The van der Waals surface area contributed by atoms with Crippen molar-refractivity contribution in [3.63, 3.8) is 0 Å². The minimum Gasteiger partial charge on any atom is -0.335 e. The highest BCUT2D eigenvalue weighted by atomic mass is 19.1. The summed E-state index contributed by atoms with van der Waals surface area (Å²) in [5.41, 5.74) is 2.20. The SMILES string of the molecule is CC(C)c1cc(C(=O)N2CCN(C(=O)c3ccccc3F)CC2)c2cnn(C(C)C)c2n1. The Morgan fingerprint density at radius 1 is 0.938 bits per heavy atom. The zero-order chi connectivity index (χ0) is 23.0. The number of carbonyl (C=O) groups excluding carboxylic acids is 2. The van der Waals surface area contributed by atoms with Crippen molar-refractivity contribution in [1.29, 1.82) is 0 Å². The fourth-order valence-electron chi connectivity index (χ4n) is 3.98. The van der Waals surface area contributed by atoms with Crippen LogP contribution in [0.3, 0.4) is 0 Å². The van der Waals surface area contributed by atoms with Gasteiger partial charge in [-0.1, -0.05) is 26.0 Å². The highest BCUT2D eigenvalue weighted by molar-refractivity contribution is 6.05. The minimum atomic E-state index is -0.529. The molecule has 0 atom stereocenters. The lowest BCUT2D eigenvalue weighted by Gasteiger charge is -2.35. The van der Waals surface area contributed by atoms with Gasteiger partial charge >= 0.3 is 0 Å². The number of benzene rings is 1. The van der Waals surface area contributed by atoms with E-state index in [9.17, 15) is 14.0 Å². The molecule has 0 bridgehead atoms. The van der Waals surface area contributed by atoms with E-state index in [0.29, 0.717) is 37.4 Å². The van der Waals surface area contributed by atoms with Crippen molar-refractivity contribution in [2.24, 2.45) is 0 Å². The monoisotopic (exact) mass is 437 g/mol. The summed E-state index contributed by atoms with van der Waals surface area (Å²) in [5.74, 6) is -0.808. The normalized spacial score (nSPS) is 14.6. The lowest BCUT2D eigenvalue weighted by Crippen LogP contribution is -2.50. The standard InChI is InChI=1S/C24H28FN5O2/c1-15(2)21-13-18(19-14-26-30(16(3)4)22(19)27-21)24(32)29-11-9-28(10-12-29)23(31)17-7-5-6-8-20(17)25/h5-8,13-16H,9-12H2,1-4H3. The molecule has 1 saturated heterocycles. The van der Waals surface area contributed by atoms with Gasteiger partial charge in [0, 0.05) is 37.9 Å². The number of amides is 2. The zero-order valence-electron chi connectivity index (χ0n) is 18.9. The number of carbonyl (C=O) groups is 2. The molecule has 1 aromatic carbocycles. The Hall–Kier alpha value is -3.29. The molecule has 168 valence electrons. The molecule has 1 aliphatic heterocycles. The number of halogens is 1. The van der Waals surface area contributed by atoms with Crippen LogP contribution in [-0.2, 0) is 0 Å². The second kappa shape index (κ2) is 8.68. The fraction of sp³-hybridized carbons (Fsp3) is 0.417. The molecule has 1 fully saturated rings. The maximum atomic E-state index is 14.0. The molecule has 32 heavy (non-hydrogen) atoms. The predicted octanol–water partition coefficient (Wildman–Crippen LogP) is 3.87. The van der Waals surface area contributed by atoms with Crippen molar-refractivity contribution < 1.29 is 14.0 Å². The van der Waals surface area contributed by atoms with Crippen LogP contribution in [0.15, 0.2) is 36.5 Å². The third-order valence-corrected chi connectivity index (χ3v) is 5.86. The molecule has 8 heteroatoms. The van der Waals surface area contributed by atoms with Crippen LogP contribution < -0.4 is 0 Å². The van der Waals surface area contributed by atoms with Gasteiger partial charge in [0.2, 0.25) is 0 Å². The summed E-state index contributed by atoms with van der Waals surface area (Å²) in [6.07, 6.45) is 1.71. The number of piperazine rings is 1. The number of aromatic nitrogens is 3. The van der Waals surface area contributed by atoms with E-state index in [1.807, 2.05) is 38.4 Å². The summed E-state index contributed by atoms with van der Waals surface area (Å²) in [6, 6.07) is 7.96. The number of hydrogen-bond donors (Lipinski definition) is 0. The van der Waals surface area contributed by atoms with Gasteiger partial charge in [-0.05, 0) is 38.0 Å². The molecule has 0 aliphatic carbocycles. The molecule has 0 spiro atoms. The molecule has 2 amide bonds. The second-order valence-corrected chi connectivity index (χ2v) is 8.73. The van der Waals surface area contributed by atoms with Crippen LogP contribution in [-0.4, -0.2) is 62.6 Å². The van der Waals surface area contributed by atoms with E-state index in [2.05, 4.69) is 5.10 Å². The Bertz CT molecular complexity index is 1160. The van der Waals surface area contributed by atoms with Crippen molar-refractivity contribution in [1.82, 2.24) is 24.6 Å². The van der Waals surface area contributed by atoms with Gasteiger partial charge in [-0.2, -0.15) is 5.10 Å². The number of rotatable bonds is 4. The van der Waals surface area contributed by atoms with E-state index < -0.39 is 5.82 Å². The number of nitrogens with zero attached hydrogens (tertiary/aromatic N) is 5. The van der Waals surface area contributed by atoms with Crippen LogP contribution in [0.2, 0.25) is 0 Å². The largest absolute Gasteiger partial charge is 0.335 e. The third-order valence-electron chi connectivity index (χ3n) is 5.86. The van der Waals surface area contributed by atoms with Gasteiger partial charge in [-0.15, -0.1) is 0 Å². The van der Waals surface area contributed by atoms with Crippen molar-refractivity contribution >= 4 is 22.8 Å². The summed E-state index contributed by atoms with van der Waals surface area (Å²) in [7, 11) is 0. The van der Waals surface area contributed by atoms with Crippen LogP contribution in [0.1, 0.15) is 66.1 Å². The number of hydrogen-bond acceptors (Lipinski definition) is 4. The van der Waals surface area contributed by atoms with Gasteiger partial charge in [0.1, 0.15) is 5.82 Å². The topological polar surface area (TPSA) is 71.3 Å². The van der Waals surface area contributed by atoms with Crippen LogP contribution in [0.5, 0.6) is 0 Å².